The standard InChI is InChI=1S/C19H22N4O/c1-2-17-18(12-16(1)24-13-15-5-9-21-10-6-15)23-19(22-17)11-14-3-7-20-8-4-14/h1-4,7-8,12,15,21H,5-6,9-11,13H2,(H,22,23)/i/hD. The summed E-state index contributed by atoms with van der Waals surface area (Å²) in [4.78, 5) is 10.1. The molecule has 1 aromatic carbocycles. The van der Waals surface area contributed by atoms with Crippen LogP contribution in [0, 0.1) is 5.92 Å². The van der Waals surface area contributed by atoms with Gasteiger partial charge in [0.1, 0.15) is 11.6 Å². The van der Waals surface area contributed by atoms with Crippen LogP contribution < -0.4 is 10.1 Å². The minimum absolute atomic E-state index is 0.617. The summed E-state index contributed by atoms with van der Waals surface area (Å²) in [5.74, 6) is 2.17. The van der Waals surface area contributed by atoms with Gasteiger partial charge in [-0.05, 0) is 61.7 Å². The molecule has 24 heavy (non-hydrogen) atoms. The monoisotopic (exact) mass is 323 g/mol. The Bertz CT molecular complexity index is 843. The number of piperidine rings is 1. The Balaban J connectivity index is 1.50. The molecule has 0 bridgehead atoms. The zero-order chi connectivity index (χ0) is 17.1. The lowest BCUT2D eigenvalue weighted by atomic mass is 9.99. The molecular weight excluding hydrogens is 300 g/mol. The summed E-state index contributed by atoms with van der Waals surface area (Å²) < 4.78 is 14.3. The van der Waals surface area contributed by atoms with Crippen LogP contribution in [0.25, 0.3) is 11.0 Å². The van der Waals surface area contributed by atoms with E-state index in [1.807, 2.05) is 30.3 Å². The van der Waals surface area contributed by atoms with Crippen molar-refractivity contribution < 1.29 is 6.15 Å². The molecule has 1 fully saturated rings. The van der Waals surface area contributed by atoms with Gasteiger partial charge in [0.15, 0.2) is 1.41 Å². The summed E-state index contributed by atoms with van der Waals surface area (Å²) in [6.45, 7) is 2.90. The Kier molecular flexibility index (Phi) is 4.09. The molecule has 124 valence electrons. The third-order valence-corrected chi connectivity index (χ3v) is 4.50. The van der Waals surface area contributed by atoms with E-state index < -0.39 is 0 Å². The van der Waals surface area contributed by atoms with Crippen LogP contribution in [-0.2, 0) is 6.42 Å². The van der Waals surface area contributed by atoms with Gasteiger partial charge in [0.05, 0.1) is 17.6 Å². The topological polar surface area (TPSA) is 62.8 Å². The van der Waals surface area contributed by atoms with Gasteiger partial charge in [-0.1, -0.05) is 0 Å². The molecule has 3 aromatic rings. The van der Waals surface area contributed by atoms with Crippen LogP contribution in [-0.4, -0.2) is 34.6 Å². The number of H-pyrrole nitrogens is 1. The maximum absolute atomic E-state index is 8.29. The molecule has 1 aliphatic heterocycles. The van der Waals surface area contributed by atoms with Gasteiger partial charge in [0, 0.05) is 24.9 Å². The number of ether oxygens (including phenoxy) is 1. The fourth-order valence-electron chi connectivity index (χ4n) is 3.10. The number of nitrogens with one attached hydrogen (secondary N) is 2. The molecule has 5 nitrogen and oxygen atoms in total. The van der Waals surface area contributed by atoms with Crippen molar-refractivity contribution in [2.45, 2.75) is 19.3 Å². The second-order valence-corrected chi connectivity index (χ2v) is 6.33. The van der Waals surface area contributed by atoms with Gasteiger partial charge in [-0.25, -0.2) is 4.98 Å². The average molecular weight is 323 g/mol. The second-order valence-electron chi connectivity index (χ2n) is 6.33. The number of fused-ring (bicyclic) bond motifs is 1. The molecule has 0 amide bonds. The first-order valence-electron chi connectivity index (χ1n) is 8.97. The summed E-state index contributed by atoms with van der Waals surface area (Å²) in [5, 5.41) is 3.37. The van der Waals surface area contributed by atoms with Crippen molar-refractivity contribution in [3.63, 3.8) is 0 Å². The van der Waals surface area contributed by atoms with Crippen LogP contribution in [0.3, 0.4) is 0 Å². The second kappa shape index (κ2) is 7.01. The van der Waals surface area contributed by atoms with Gasteiger partial charge in [0.2, 0.25) is 0 Å². The van der Waals surface area contributed by atoms with Crippen LogP contribution in [0.1, 0.15) is 24.2 Å². The minimum atomic E-state index is 0.617. The first-order chi connectivity index (χ1) is 12.3. The lowest BCUT2D eigenvalue weighted by molar-refractivity contribution is 0.215. The Morgan fingerprint density at radius 2 is 2.00 bits per heavy atom. The SMILES string of the molecule is [2H]n1c(Cc2ccncc2)nc2cc(OCC3CCNCC3)ccc21. The molecule has 2 N–H and O–H groups in total. The normalized spacial score (nSPS) is 16.2. The lowest BCUT2D eigenvalue weighted by Crippen LogP contribution is -2.30. The zero-order valence-electron chi connectivity index (χ0n) is 14.6. The Morgan fingerprint density at radius 1 is 1.17 bits per heavy atom. The van der Waals surface area contributed by atoms with Gasteiger partial charge in [-0.3, -0.25) is 4.98 Å². The fourth-order valence-corrected chi connectivity index (χ4v) is 3.10. The van der Waals surface area contributed by atoms with E-state index in [-0.39, 0.29) is 0 Å². The summed E-state index contributed by atoms with van der Waals surface area (Å²) in [7, 11) is 0. The molecule has 0 aliphatic carbocycles. The Labute approximate surface area is 142 Å². The van der Waals surface area contributed by atoms with Crippen LogP contribution in [0.4, 0.5) is 0 Å². The molecule has 0 atom stereocenters. The van der Waals surface area contributed by atoms with Crippen LogP contribution >= 0.6 is 0 Å². The van der Waals surface area contributed by atoms with E-state index in [4.69, 9.17) is 6.15 Å². The summed E-state index contributed by atoms with van der Waals surface area (Å²) in [6.07, 6.45) is 6.48. The van der Waals surface area contributed by atoms with Gasteiger partial charge < -0.3 is 15.0 Å². The molecule has 0 saturated carbocycles. The number of pyridine rings is 1. The van der Waals surface area contributed by atoms with Gasteiger partial charge >= 0.3 is 0 Å². The number of hydrogen-bond acceptors (Lipinski definition) is 4. The van der Waals surface area contributed by atoms with Crippen molar-refractivity contribution in [1.82, 2.24) is 20.3 Å². The number of hydrogen-bond donors (Lipinski definition) is 2. The number of aromatic amines is 1. The van der Waals surface area contributed by atoms with E-state index in [0.29, 0.717) is 12.3 Å². The van der Waals surface area contributed by atoms with Crippen LogP contribution in [0.5, 0.6) is 5.75 Å². The molecule has 2 aromatic heterocycles. The van der Waals surface area contributed by atoms with Crippen molar-refractivity contribution >= 4 is 11.0 Å². The van der Waals surface area contributed by atoms with E-state index in [1.54, 1.807) is 12.4 Å². The van der Waals surface area contributed by atoms with Crippen LogP contribution in [0.15, 0.2) is 42.7 Å². The van der Waals surface area contributed by atoms with Crippen molar-refractivity contribution in [2.75, 3.05) is 19.7 Å². The first kappa shape index (κ1) is 14.0. The third kappa shape index (κ3) is 3.57. The highest BCUT2D eigenvalue weighted by Crippen LogP contribution is 2.22. The number of rotatable bonds is 5. The molecule has 0 spiro atoms. The molecule has 4 rings (SSSR count). The van der Waals surface area contributed by atoms with E-state index in [0.717, 1.165) is 47.9 Å². The molecule has 1 saturated heterocycles. The average Bonchev–Trinajstić information content (AvgIpc) is 2.97. The third-order valence-electron chi connectivity index (χ3n) is 4.50. The maximum Gasteiger partial charge on any atom is 0.168 e. The van der Waals surface area contributed by atoms with Crippen LogP contribution in [0.2, 0.25) is 1.41 Å². The smallest absolute Gasteiger partial charge is 0.168 e. The Hall–Kier alpha value is -2.40. The molecule has 0 unspecified atom stereocenters. The lowest BCUT2D eigenvalue weighted by Gasteiger charge is -2.22. The number of imidazole rings is 1. The predicted molar refractivity (Wildman–Crippen MR) is 94.2 cm³/mol. The van der Waals surface area contributed by atoms with E-state index in [9.17, 15) is 0 Å². The fraction of sp³-hybridized carbons (Fsp3) is 0.368. The van der Waals surface area contributed by atoms with Gasteiger partial charge in [-0.15, -0.1) is 0 Å². The molecule has 1 aliphatic rings. The number of benzene rings is 1. The number of aromatic nitrogens is 3. The maximum atomic E-state index is 8.29. The van der Waals surface area contributed by atoms with Crippen molar-refractivity contribution in [3.8, 4) is 5.75 Å². The van der Waals surface area contributed by atoms with Crippen molar-refractivity contribution in [3.05, 3.63) is 54.1 Å². The summed E-state index contributed by atoms with van der Waals surface area (Å²) in [6, 6.07) is 9.70. The van der Waals surface area contributed by atoms with Crippen molar-refractivity contribution in [2.24, 2.45) is 5.92 Å². The van der Waals surface area contributed by atoms with Gasteiger partial charge in [-0.2, -0.15) is 0 Å². The Morgan fingerprint density at radius 3 is 2.83 bits per heavy atom. The van der Waals surface area contributed by atoms with E-state index in [2.05, 4.69) is 15.3 Å². The molecule has 0 radical (unpaired) electrons. The molecule has 3 heterocycles. The zero-order valence-corrected chi connectivity index (χ0v) is 13.6. The predicted octanol–water partition coefficient (Wildman–Crippen LogP) is 2.93. The highest BCUT2D eigenvalue weighted by atomic mass is 16.5. The summed E-state index contributed by atoms with van der Waals surface area (Å²) in [5.41, 5.74) is 2.71. The highest BCUT2D eigenvalue weighted by molar-refractivity contribution is 5.76. The molecule has 5 heteroatoms. The largest absolute Gasteiger partial charge is 0.493 e. The van der Waals surface area contributed by atoms with E-state index in [1.165, 1.54) is 17.8 Å². The van der Waals surface area contributed by atoms with Gasteiger partial charge in [0.25, 0.3) is 0 Å². The highest BCUT2D eigenvalue weighted by Gasteiger charge is 2.14. The summed E-state index contributed by atoms with van der Waals surface area (Å²) >= 11 is 0. The quantitative estimate of drug-likeness (QED) is 0.758. The van der Waals surface area contributed by atoms with Crippen molar-refractivity contribution in [1.29, 1.82) is 0 Å². The molecular formula is C19H22N4O. The van der Waals surface area contributed by atoms with E-state index >= 15 is 0 Å². The minimum Gasteiger partial charge on any atom is -0.493 e. The number of nitrogens with zero attached hydrogens (tertiary/aromatic N) is 2. The first-order valence-corrected chi connectivity index (χ1v) is 8.52.